The van der Waals surface area contributed by atoms with Gasteiger partial charge >= 0.3 is 0 Å². The Morgan fingerprint density at radius 2 is 2.11 bits per heavy atom. The Bertz CT molecular complexity index is 974. The first-order chi connectivity index (χ1) is 12.9. The number of quaternary nitrogens is 1. The minimum Gasteiger partial charge on any atom is -0.413 e. The summed E-state index contributed by atoms with van der Waals surface area (Å²) in [5, 5.41) is 10.1. The number of thiazole rings is 1. The normalized spacial score (nSPS) is 12.1. The van der Waals surface area contributed by atoms with Gasteiger partial charge in [-0.3, -0.25) is 4.79 Å². The van der Waals surface area contributed by atoms with Crippen molar-refractivity contribution in [3.05, 3.63) is 62.2 Å². The van der Waals surface area contributed by atoms with Crippen LogP contribution in [0.3, 0.4) is 0 Å². The van der Waals surface area contributed by atoms with Gasteiger partial charge in [-0.2, -0.15) is 4.68 Å². The predicted molar refractivity (Wildman–Crippen MR) is 105 cm³/mol. The molecule has 0 aliphatic heterocycles. The van der Waals surface area contributed by atoms with E-state index >= 15 is 0 Å². The van der Waals surface area contributed by atoms with Crippen LogP contribution in [0.4, 0.5) is 0 Å². The summed E-state index contributed by atoms with van der Waals surface area (Å²) in [6.45, 7) is 3.35. The molecule has 1 unspecified atom stereocenters. The third kappa shape index (κ3) is 5.09. The molecule has 3 rings (SSSR count). The van der Waals surface area contributed by atoms with E-state index in [4.69, 9.17) is 16.6 Å². The molecule has 0 saturated carbocycles. The number of hydrogen-bond donors (Lipinski definition) is 2. The van der Waals surface area contributed by atoms with Crippen LogP contribution in [0.2, 0.25) is 0 Å². The molecule has 2 N–H and O–H groups in total. The zero-order valence-electron chi connectivity index (χ0n) is 15.5. The quantitative estimate of drug-likeness (QED) is 0.585. The highest BCUT2D eigenvalue weighted by atomic mass is 32.1. The number of aromatic nitrogens is 3. The van der Waals surface area contributed by atoms with E-state index in [1.54, 1.807) is 23.1 Å². The Labute approximate surface area is 166 Å². The average molecular weight is 405 g/mol. The molecule has 0 fully saturated rings. The summed E-state index contributed by atoms with van der Waals surface area (Å²) in [6, 6.07) is 7.59. The van der Waals surface area contributed by atoms with Crippen molar-refractivity contribution in [1.82, 2.24) is 20.1 Å². The van der Waals surface area contributed by atoms with Gasteiger partial charge < -0.3 is 14.6 Å². The molecule has 0 bridgehead atoms. The highest BCUT2D eigenvalue weighted by Crippen LogP contribution is 2.12. The monoisotopic (exact) mass is 404 g/mol. The smallest absolute Gasteiger partial charge is 0.291 e. The Morgan fingerprint density at radius 1 is 1.37 bits per heavy atom. The molecule has 142 valence electrons. The number of benzene rings is 1. The highest BCUT2D eigenvalue weighted by molar-refractivity contribution is 7.71. The van der Waals surface area contributed by atoms with Gasteiger partial charge in [0.05, 0.1) is 24.2 Å². The molecule has 0 saturated heterocycles. The molecule has 1 aromatic carbocycles. The molecule has 0 aliphatic rings. The summed E-state index contributed by atoms with van der Waals surface area (Å²) in [4.78, 5) is 17.6. The van der Waals surface area contributed by atoms with Crippen LogP contribution in [0, 0.1) is 11.8 Å². The number of carbonyl (C=O) groups excluding carboxylic acids is 1. The van der Waals surface area contributed by atoms with Gasteiger partial charge in [0.1, 0.15) is 6.54 Å². The van der Waals surface area contributed by atoms with Gasteiger partial charge in [-0.1, -0.05) is 12.1 Å². The summed E-state index contributed by atoms with van der Waals surface area (Å²) in [7, 11) is 3.69. The molecule has 0 radical (unpaired) electrons. The largest absolute Gasteiger partial charge is 0.413 e. The Balaban J connectivity index is 1.61. The molecule has 9 heteroatoms. The fourth-order valence-electron chi connectivity index (χ4n) is 2.74. The van der Waals surface area contributed by atoms with Crippen LogP contribution >= 0.6 is 23.6 Å². The lowest BCUT2D eigenvalue weighted by atomic mass is 10.1. The first kappa shape index (κ1) is 19.4. The van der Waals surface area contributed by atoms with Crippen molar-refractivity contribution < 1.29 is 14.1 Å². The molecule has 3 aromatic rings. The first-order valence-electron chi connectivity index (χ1n) is 8.54. The van der Waals surface area contributed by atoms with Gasteiger partial charge in [0.25, 0.3) is 10.7 Å². The van der Waals surface area contributed by atoms with E-state index in [2.05, 4.69) is 22.4 Å². The van der Waals surface area contributed by atoms with Crippen molar-refractivity contribution in [2.24, 2.45) is 0 Å². The fraction of sp³-hybridized carbons (Fsp3) is 0.333. The van der Waals surface area contributed by atoms with Crippen LogP contribution in [-0.2, 0) is 19.6 Å². The number of nitrogens with zero attached hydrogens (tertiary/aromatic N) is 3. The van der Waals surface area contributed by atoms with Crippen molar-refractivity contribution in [3.63, 3.8) is 0 Å². The molecule has 0 spiro atoms. The van der Waals surface area contributed by atoms with E-state index < -0.39 is 0 Å². The number of carbonyl (C=O) groups is 1. The molecular weight excluding hydrogens is 382 g/mol. The highest BCUT2D eigenvalue weighted by Gasteiger charge is 2.12. The maximum Gasteiger partial charge on any atom is 0.291 e. The van der Waals surface area contributed by atoms with Crippen molar-refractivity contribution in [1.29, 1.82) is 0 Å². The SMILES string of the molecule is CNC(=O)c1ccc(C[NH+](C)Cn2nc(Cc3csc(C)n3)oc2=S)cc1. The van der Waals surface area contributed by atoms with Gasteiger partial charge in [-0.05, 0) is 31.3 Å². The molecule has 7 nitrogen and oxygen atoms in total. The van der Waals surface area contributed by atoms with Gasteiger partial charge in [-0.25, -0.2) is 4.98 Å². The van der Waals surface area contributed by atoms with Gasteiger partial charge in [0.2, 0.25) is 5.89 Å². The topological polar surface area (TPSA) is 77.4 Å². The second kappa shape index (κ2) is 8.55. The lowest BCUT2D eigenvalue weighted by Crippen LogP contribution is -3.07. The van der Waals surface area contributed by atoms with Crippen LogP contribution in [0.1, 0.15) is 32.5 Å². The van der Waals surface area contributed by atoms with E-state index in [1.807, 2.05) is 36.6 Å². The van der Waals surface area contributed by atoms with Crippen LogP contribution in [0.25, 0.3) is 0 Å². The van der Waals surface area contributed by atoms with E-state index in [9.17, 15) is 4.79 Å². The van der Waals surface area contributed by atoms with Gasteiger partial charge in [-0.15, -0.1) is 16.4 Å². The van der Waals surface area contributed by atoms with Crippen molar-refractivity contribution in [2.75, 3.05) is 14.1 Å². The van der Waals surface area contributed by atoms with Crippen molar-refractivity contribution in [3.8, 4) is 0 Å². The standard InChI is InChI=1S/C18H21N5O2S2/c1-12-20-15(10-27-12)8-16-21-23(18(26)25-16)11-22(3)9-13-4-6-14(7-5-13)17(24)19-2/h4-7,10H,8-9,11H2,1-3H3,(H,19,24)/p+1. The minimum absolute atomic E-state index is 0.0843. The third-order valence-electron chi connectivity index (χ3n) is 4.02. The van der Waals surface area contributed by atoms with Crippen LogP contribution < -0.4 is 10.2 Å². The van der Waals surface area contributed by atoms with Gasteiger partial charge in [0, 0.05) is 23.6 Å². The molecule has 27 heavy (non-hydrogen) atoms. The van der Waals surface area contributed by atoms with E-state index in [0.29, 0.717) is 29.4 Å². The maximum absolute atomic E-state index is 11.6. The first-order valence-corrected chi connectivity index (χ1v) is 9.83. The molecule has 2 aromatic heterocycles. The maximum atomic E-state index is 11.6. The third-order valence-corrected chi connectivity index (χ3v) is 5.13. The minimum atomic E-state index is -0.0843. The second-order valence-corrected chi connectivity index (χ2v) is 7.78. The number of hydrogen-bond acceptors (Lipinski definition) is 6. The number of amides is 1. The average Bonchev–Trinajstić information content (AvgIpc) is 3.20. The van der Waals surface area contributed by atoms with E-state index in [1.165, 1.54) is 4.90 Å². The molecule has 2 heterocycles. The number of rotatable bonds is 7. The number of aryl methyl sites for hydroxylation is 1. The van der Waals surface area contributed by atoms with Crippen LogP contribution in [-0.4, -0.2) is 34.8 Å². The summed E-state index contributed by atoms with van der Waals surface area (Å²) < 4.78 is 7.31. The summed E-state index contributed by atoms with van der Waals surface area (Å²) in [5.74, 6) is 0.493. The predicted octanol–water partition coefficient (Wildman–Crippen LogP) is 1.59. The Morgan fingerprint density at radius 3 is 2.74 bits per heavy atom. The zero-order valence-corrected chi connectivity index (χ0v) is 17.1. The van der Waals surface area contributed by atoms with Crippen molar-refractivity contribution >= 4 is 29.5 Å². The van der Waals surface area contributed by atoms with Crippen LogP contribution in [0.5, 0.6) is 0 Å². The molecule has 1 amide bonds. The number of nitrogens with one attached hydrogen (secondary N) is 2. The Hall–Kier alpha value is -2.36. The molecule has 0 aliphatic carbocycles. The molecule has 1 atom stereocenters. The van der Waals surface area contributed by atoms with E-state index in [-0.39, 0.29) is 5.91 Å². The zero-order chi connectivity index (χ0) is 19.4. The lowest BCUT2D eigenvalue weighted by Gasteiger charge is -2.13. The van der Waals surface area contributed by atoms with Gasteiger partial charge in [0.15, 0.2) is 6.67 Å². The van der Waals surface area contributed by atoms with E-state index in [0.717, 1.165) is 22.8 Å². The summed E-state index contributed by atoms with van der Waals surface area (Å²) in [5.41, 5.74) is 2.73. The second-order valence-electron chi connectivity index (χ2n) is 6.36. The fourth-order valence-corrected chi connectivity index (χ4v) is 3.56. The molecular formula is C18H22N5O2S2+. The lowest BCUT2D eigenvalue weighted by molar-refractivity contribution is -0.917. The summed E-state index contributed by atoms with van der Waals surface area (Å²) >= 11 is 6.90. The van der Waals surface area contributed by atoms with Crippen molar-refractivity contribution in [2.45, 2.75) is 26.6 Å². The van der Waals surface area contributed by atoms with Crippen LogP contribution in [0.15, 0.2) is 34.1 Å². The Kier molecular flexibility index (Phi) is 6.15. The summed E-state index contributed by atoms with van der Waals surface area (Å²) in [6.07, 6.45) is 0.543.